The van der Waals surface area contributed by atoms with Crippen molar-refractivity contribution in [2.45, 2.75) is 40.0 Å². The van der Waals surface area contributed by atoms with Crippen LogP contribution in [0.4, 0.5) is 0 Å². The first kappa shape index (κ1) is 20.7. The second-order valence-electron chi connectivity index (χ2n) is 3.66. The molecule has 1 unspecified atom stereocenters. The van der Waals surface area contributed by atoms with Gasteiger partial charge in [0.25, 0.3) is 0 Å². The average molecular weight is 307 g/mol. The van der Waals surface area contributed by atoms with E-state index < -0.39 is 0 Å². The van der Waals surface area contributed by atoms with Crippen molar-refractivity contribution in [2.24, 2.45) is 0 Å². The number of halogens is 2. The lowest BCUT2D eigenvalue weighted by Crippen LogP contribution is -2.00. The fraction of sp³-hybridized carbons (Fsp3) is 0.533. The summed E-state index contributed by atoms with van der Waals surface area (Å²) in [5.41, 5.74) is 1.75. The van der Waals surface area contributed by atoms with Gasteiger partial charge in [-0.15, -0.1) is 0 Å². The zero-order chi connectivity index (χ0) is 15.4. The second-order valence-corrected chi connectivity index (χ2v) is 4.41. The van der Waals surface area contributed by atoms with E-state index in [2.05, 4.69) is 4.74 Å². The van der Waals surface area contributed by atoms with E-state index >= 15 is 0 Å². The Morgan fingerprint density at radius 2 is 1.68 bits per heavy atom. The standard InChI is InChI=1S/C11H12Cl2O.C2H6O.C2H6/c1-3-8(6-14)9-5-4-7(2)10(12)11(9)13;1-3-2;1-2/h4-6,8H,3H2,1-2H3;1-2H3;1-2H3. The number of benzene rings is 1. The second kappa shape index (κ2) is 12.5. The van der Waals surface area contributed by atoms with Crippen LogP contribution in [0.1, 0.15) is 44.2 Å². The van der Waals surface area contributed by atoms with Crippen LogP contribution in [0.2, 0.25) is 10.0 Å². The highest BCUT2D eigenvalue weighted by atomic mass is 35.5. The largest absolute Gasteiger partial charge is 0.388 e. The van der Waals surface area contributed by atoms with E-state index in [-0.39, 0.29) is 5.92 Å². The van der Waals surface area contributed by atoms with Gasteiger partial charge >= 0.3 is 0 Å². The lowest BCUT2D eigenvalue weighted by Gasteiger charge is -2.12. The molecule has 110 valence electrons. The summed E-state index contributed by atoms with van der Waals surface area (Å²) >= 11 is 12.1. The molecule has 1 rings (SSSR count). The summed E-state index contributed by atoms with van der Waals surface area (Å²) in [6, 6.07) is 3.75. The number of hydrogen-bond acceptors (Lipinski definition) is 2. The summed E-state index contributed by atoms with van der Waals surface area (Å²) in [6.45, 7) is 7.84. The number of ether oxygens (including phenoxy) is 1. The summed E-state index contributed by atoms with van der Waals surface area (Å²) in [6.07, 6.45) is 1.65. The predicted molar refractivity (Wildman–Crippen MR) is 84.6 cm³/mol. The Morgan fingerprint density at radius 1 is 1.21 bits per heavy atom. The number of aldehydes is 1. The third-order valence-electron chi connectivity index (χ3n) is 2.31. The number of hydrogen-bond donors (Lipinski definition) is 0. The minimum absolute atomic E-state index is 0.152. The molecule has 0 heterocycles. The summed E-state index contributed by atoms with van der Waals surface area (Å²) in [4.78, 5) is 10.8. The van der Waals surface area contributed by atoms with Crippen LogP contribution in [0, 0.1) is 6.92 Å². The molecule has 0 fully saturated rings. The van der Waals surface area contributed by atoms with Crippen LogP contribution in [0.5, 0.6) is 0 Å². The summed E-state index contributed by atoms with van der Waals surface area (Å²) < 4.78 is 4.25. The molecule has 0 aliphatic heterocycles. The molecule has 0 aromatic heterocycles. The minimum atomic E-state index is -0.152. The van der Waals surface area contributed by atoms with Gasteiger partial charge in [-0.1, -0.05) is 56.1 Å². The van der Waals surface area contributed by atoms with Crippen molar-refractivity contribution in [3.8, 4) is 0 Å². The molecule has 0 aliphatic carbocycles. The molecule has 4 heteroatoms. The van der Waals surface area contributed by atoms with Gasteiger partial charge in [-0.05, 0) is 24.5 Å². The van der Waals surface area contributed by atoms with Crippen molar-refractivity contribution in [2.75, 3.05) is 14.2 Å². The molecule has 1 aromatic rings. The number of aryl methyl sites for hydroxylation is 1. The molecule has 1 atom stereocenters. The monoisotopic (exact) mass is 306 g/mol. The Morgan fingerprint density at radius 3 is 2.05 bits per heavy atom. The highest BCUT2D eigenvalue weighted by Gasteiger charge is 2.14. The average Bonchev–Trinajstić information content (AvgIpc) is 2.43. The van der Waals surface area contributed by atoms with Gasteiger partial charge in [0.05, 0.1) is 10.0 Å². The predicted octanol–water partition coefficient (Wildman–Crippen LogP) is 5.28. The molecule has 0 spiro atoms. The van der Waals surface area contributed by atoms with Crippen LogP contribution in [0.15, 0.2) is 12.1 Å². The minimum Gasteiger partial charge on any atom is -0.388 e. The summed E-state index contributed by atoms with van der Waals surface area (Å²) in [5, 5.41) is 1.05. The molecule has 1 aromatic carbocycles. The molecular formula is C15H24Cl2O2. The van der Waals surface area contributed by atoms with Crippen LogP contribution in [0.25, 0.3) is 0 Å². The van der Waals surface area contributed by atoms with E-state index in [1.54, 1.807) is 14.2 Å². The van der Waals surface area contributed by atoms with Crippen molar-refractivity contribution in [3.63, 3.8) is 0 Å². The van der Waals surface area contributed by atoms with Gasteiger partial charge in [-0.25, -0.2) is 0 Å². The van der Waals surface area contributed by atoms with E-state index in [0.29, 0.717) is 10.0 Å². The van der Waals surface area contributed by atoms with Crippen LogP contribution < -0.4 is 0 Å². The molecule has 0 N–H and O–H groups in total. The SMILES string of the molecule is CC.CCC(C=O)c1ccc(C)c(Cl)c1Cl.COC. The molecule has 0 saturated heterocycles. The van der Waals surface area contributed by atoms with Crippen molar-refractivity contribution < 1.29 is 9.53 Å². The smallest absolute Gasteiger partial charge is 0.127 e. The Bertz CT molecular complexity index is 365. The normalized spacial score (nSPS) is 10.5. The fourth-order valence-electron chi connectivity index (χ4n) is 1.34. The zero-order valence-electron chi connectivity index (χ0n) is 12.6. The Balaban J connectivity index is 0. The first-order valence-corrected chi connectivity index (χ1v) is 7.08. The zero-order valence-corrected chi connectivity index (χ0v) is 14.1. The van der Waals surface area contributed by atoms with Crippen LogP contribution in [0.3, 0.4) is 0 Å². The number of carbonyl (C=O) groups is 1. The molecule has 2 nitrogen and oxygen atoms in total. The van der Waals surface area contributed by atoms with E-state index in [1.807, 2.05) is 39.8 Å². The van der Waals surface area contributed by atoms with Gasteiger partial charge in [0.15, 0.2) is 0 Å². The lowest BCUT2D eigenvalue weighted by atomic mass is 9.97. The van der Waals surface area contributed by atoms with Crippen molar-refractivity contribution in [1.82, 2.24) is 0 Å². The van der Waals surface area contributed by atoms with E-state index in [0.717, 1.165) is 23.8 Å². The Labute approximate surface area is 127 Å². The number of carbonyl (C=O) groups excluding carboxylic acids is 1. The van der Waals surface area contributed by atoms with E-state index in [1.165, 1.54) is 0 Å². The van der Waals surface area contributed by atoms with E-state index in [4.69, 9.17) is 23.2 Å². The molecule has 0 bridgehead atoms. The van der Waals surface area contributed by atoms with Crippen molar-refractivity contribution in [1.29, 1.82) is 0 Å². The first-order valence-electron chi connectivity index (χ1n) is 6.33. The van der Waals surface area contributed by atoms with Gasteiger partial charge in [0, 0.05) is 20.1 Å². The van der Waals surface area contributed by atoms with Crippen LogP contribution in [-0.4, -0.2) is 20.5 Å². The lowest BCUT2D eigenvalue weighted by molar-refractivity contribution is -0.109. The third kappa shape index (κ3) is 6.95. The maximum absolute atomic E-state index is 10.8. The molecular weight excluding hydrogens is 283 g/mol. The maximum Gasteiger partial charge on any atom is 0.127 e. The molecule has 0 amide bonds. The van der Waals surface area contributed by atoms with Gasteiger partial charge < -0.3 is 9.53 Å². The number of methoxy groups -OCH3 is 1. The molecule has 19 heavy (non-hydrogen) atoms. The third-order valence-corrected chi connectivity index (χ3v) is 3.30. The Kier molecular flexibility index (Phi) is 13.6. The molecule has 0 radical (unpaired) electrons. The van der Waals surface area contributed by atoms with Crippen molar-refractivity contribution in [3.05, 3.63) is 33.3 Å². The van der Waals surface area contributed by atoms with Gasteiger partial charge in [0.1, 0.15) is 6.29 Å². The first-order chi connectivity index (χ1) is 9.03. The van der Waals surface area contributed by atoms with Crippen molar-refractivity contribution >= 4 is 29.5 Å². The Hall–Kier alpha value is -0.570. The topological polar surface area (TPSA) is 26.3 Å². The highest BCUT2D eigenvalue weighted by molar-refractivity contribution is 6.43. The number of rotatable bonds is 3. The highest BCUT2D eigenvalue weighted by Crippen LogP contribution is 2.33. The quantitative estimate of drug-likeness (QED) is 0.710. The van der Waals surface area contributed by atoms with Crippen LogP contribution >= 0.6 is 23.2 Å². The molecule has 0 saturated carbocycles. The van der Waals surface area contributed by atoms with Gasteiger partial charge in [-0.3, -0.25) is 0 Å². The van der Waals surface area contributed by atoms with Gasteiger partial charge in [-0.2, -0.15) is 0 Å². The summed E-state index contributed by atoms with van der Waals surface area (Å²) in [5.74, 6) is -0.152. The maximum atomic E-state index is 10.8. The van der Waals surface area contributed by atoms with Gasteiger partial charge in [0.2, 0.25) is 0 Å². The fourth-order valence-corrected chi connectivity index (χ4v) is 1.86. The molecule has 0 aliphatic rings. The van der Waals surface area contributed by atoms with E-state index in [9.17, 15) is 4.79 Å². The summed E-state index contributed by atoms with van der Waals surface area (Å²) in [7, 11) is 3.25. The van der Waals surface area contributed by atoms with Crippen LogP contribution in [-0.2, 0) is 9.53 Å².